The van der Waals surface area contributed by atoms with Crippen molar-refractivity contribution in [1.82, 2.24) is 14.1 Å². The molecule has 1 aromatic carbocycles. The van der Waals surface area contributed by atoms with E-state index in [1.165, 1.54) is 9.21 Å². The first-order chi connectivity index (χ1) is 16.5. The van der Waals surface area contributed by atoms with E-state index >= 15 is 0 Å². The lowest BCUT2D eigenvalue weighted by Gasteiger charge is -2.39. The Kier molecular flexibility index (Phi) is 8.76. The summed E-state index contributed by atoms with van der Waals surface area (Å²) in [6.45, 7) is 4.96. The Morgan fingerprint density at radius 1 is 1.09 bits per heavy atom. The van der Waals surface area contributed by atoms with E-state index in [9.17, 15) is 18.0 Å². The molecule has 0 radical (unpaired) electrons. The lowest BCUT2D eigenvalue weighted by Crippen LogP contribution is -2.57. The molecule has 11 heteroatoms. The smallest absolute Gasteiger partial charge is 0.242 e. The second-order valence-electron chi connectivity index (χ2n) is 9.78. The minimum absolute atomic E-state index is 0.0127. The van der Waals surface area contributed by atoms with E-state index in [1.807, 2.05) is 30.3 Å². The number of primary amides is 1. The number of carbonyl (C=O) groups excluding carboxylic acids is 2. The van der Waals surface area contributed by atoms with Gasteiger partial charge < -0.3 is 21.3 Å². The van der Waals surface area contributed by atoms with Gasteiger partial charge in [-0.15, -0.1) is 0 Å². The summed E-state index contributed by atoms with van der Waals surface area (Å²) in [7, 11) is -3.81. The minimum atomic E-state index is -3.81. The molecule has 5 N–H and O–H groups in total. The molecule has 0 aromatic heterocycles. The SMILES string of the molecule is CC(C)S(=O)(=O)N(CC1CCN(C(=N)N)CC1)[C@H](Cc1ccccc1)C(=O)N1CCC[C@H]1C(N)=O. The van der Waals surface area contributed by atoms with Gasteiger partial charge in [0.05, 0.1) is 5.25 Å². The van der Waals surface area contributed by atoms with E-state index < -0.39 is 33.3 Å². The standard InChI is InChI=1S/C24H38N6O4S/c1-17(2)35(33,34)30(16-19-10-13-28(14-11-19)24(26)27)21(15-18-7-4-3-5-8-18)23(32)29-12-6-9-20(29)22(25)31/h3-5,7-8,17,19-21H,6,9-16H2,1-2H3,(H2,25,31)(H3,26,27)/t20-,21+/m0/s1. The molecule has 2 atom stereocenters. The van der Waals surface area contributed by atoms with Crippen LogP contribution in [0.25, 0.3) is 0 Å². The molecule has 0 saturated carbocycles. The number of rotatable bonds is 9. The summed E-state index contributed by atoms with van der Waals surface area (Å²) in [5.74, 6) is -0.904. The molecule has 194 valence electrons. The van der Waals surface area contributed by atoms with Crippen molar-refractivity contribution in [3.8, 4) is 0 Å². The Labute approximate surface area is 208 Å². The van der Waals surface area contributed by atoms with Crippen LogP contribution in [0, 0.1) is 11.3 Å². The van der Waals surface area contributed by atoms with Crippen molar-refractivity contribution in [3.05, 3.63) is 35.9 Å². The largest absolute Gasteiger partial charge is 0.370 e. The summed E-state index contributed by atoms with van der Waals surface area (Å²) in [4.78, 5) is 29.2. The molecule has 2 amide bonds. The predicted octanol–water partition coefficient (Wildman–Crippen LogP) is 0.720. The number of amides is 2. The Morgan fingerprint density at radius 2 is 1.71 bits per heavy atom. The molecular formula is C24H38N6O4S. The molecule has 1 aromatic rings. The zero-order valence-electron chi connectivity index (χ0n) is 20.6. The zero-order valence-corrected chi connectivity index (χ0v) is 21.4. The average molecular weight is 507 g/mol. The quantitative estimate of drug-likeness (QED) is 0.331. The summed E-state index contributed by atoms with van der Waals surface area (Å²) in [6, 6.07) is 7.65. The van der Waals surface area contributed by atoms with E-state index in [0.29, 0.717) is 45.3 Å². The van der Waals surface area contributed by atoms with Crippen molar-refractivity contribution in [1.29, 1.82) is 5.41 Å². The van der Waals surface area contributed by atoms with Crippen LogP contribution in [0.1, 0.15) is 45.1 Å². The molecule has 0 bridgehead atoms. The van der Waals surface area contributed by atoms with Crippen molar-refractivity contribution in [3.63, 3.8) is 0 Å². The van der Waals surface area contributed by atoms with Gasteiger partial charge in [0.2, 0.25) is 21.8 Å². The van der Waals surface area contributed by atoms with Crippen molar-refractivity contribution in [2.45, 2.75) is 63.3 Å². The van der Waals surface area contributed by atoms with Gasteiger partial charge in [-0.2, -0.15) is 4.31 Å². The second-order valence-corrected chi connectivity index (χ2v) is 12.2. The Hall–Kier alpha value is -2.66. The number of hydrogen-bond acceptors (Lipinski definition) is 5. The molecule has 2 heterocycles. The molecule has 35 heavy (non-hydrogen) atoms. The minimum Gasteiger partial charge on any atom is -0.370 e. The molecule has 3 rings (SSSR count). The molecule has 2 aliphatic rings. The van der Waals surface area contributed by atoms with Crippen LogP contribution in [-0.4, -0.2) is 83.8 Å². The summed E-state index contributed by atoms with van der Waals surface area (Å²) in [6.07, 6.45) is 2.68. The van der Waals surface area contributed by atoms with Crippen LogP contribution in [0.5, 0.6) is 0 Å². The molecule has 2 fully saturated rings. The first-order valence-electron chi connectivity index (χ1n) is 12.3. The monoisotopic (exact) mass is 506 g/mol. The second kappa shape index (κ2) is 11.4. The fourth-order valence-corrected chi connectivity index (χ4v) is 6.44. The summed E-state index contributed by atoms with van der Waals surface area (Å²) in [5.41, 5.74) is 12.0. The van der Waals surface area contributed by atoms with Gasteiger partial charge in [-0.05, 0) is 57.4 Å². The summed E-state index contributed by atoms with van der Waals surface area (Å²) in [5, 5.41) is 6.95. The van der Waals surface area contributed by atoms with Gasteiger partial charge in [-0.25, -0.2) is 8.42 Å². The van der Waals surface area contributed by atoms with Crippen molar-refractivity contribution < 1.29 is 18.0 Å². The highest BCUT2D eigenvalue weighted by molar-refractivity contribution is 7.89. The molecule has 0 aliphatic carbocycles. The van der Waals surface area contributed by atoms with Gasteiger partial charge in [-0.1, -0.05) is 30.3 Å². The maximum Gasteiger partial charge on any atom is 0.242 e. The van der Waals surface area contributed by atoms with Gasteiger partial charge in [0.1, 0.15) is 12.1 Å². The summed E-state index contributed by atoms with van der Waals surface area (Å²) < 4.78 is 28.7. The highest BCUT2D eigenvalue weighted by atomic mass is 32.2. The Morgan fingerprint density at radius 3 is 2.26 bits per heavy atom. The molecule has 2 aliphatic heterocycles. The number of guanidine groups is 1. The first kappa shape index (κ1) is 26.9. The van der Waals surface area contributed by atoms with Crippen molar-refractivity contribution in [2.24, 2.45) is 17.4 Å². The number of piperidine rings is 1. The number of hydrogen-bond donors (Lipinski definition) is 3. The van der Waals surface area contributed by atoms with Gasteiger partial charge in [0.15, 0.2) is 5.96 Å². The zero-order chi connectivity index (χ0) is 25.8. The lowest BCUT2D eigenvalue weighted by atomic mass is 9.95. The number of sulfonamides is 1. The number of nitrogens with zero attached hydrogens (tertiary/aromatic N) is 3. The normalized spacial score (nSPS) is 20.4. The number of likely N-dealkylation sites (tertiary alicyclic amines) is 2. The summed E-state index contributed by atoms with van der Waals surface area (Å²) >= 11 is 0. The Bertz CT molecular complexity index is 1010. The number of nitrogens with one attached hydrogen (secondary N) is 1. The number of nitrogens with two attached hydrogens (primary N) is 2. The van der Waals surface area contributed by atoms with E-state index in [1.54, 1.807) is 18.7 Å². The van der Waals surface area contributed by atoms with Crippen LogP contribution in [-0.2, 0) is 26.0 Å². The molecule has 0 unspecified atom stereocenters. The number of carbonyl (C=O) groups is 2. The topological polar surface area (TPSA) is 154 Å². The fourth-order valence-electron chi connectivity index (χ4n) is 4.96. The van der Waals surface area contributed by atoms with Crippen molar-refractivity contribution >= 4 is 27.8 Å². The van der Waals surface area contributed by atoms with Crippen LogP contribution < -0.4 is 11.5 Å². The van der Waals surface area contributed by atoms with Crippen LogP contribution >= 0.6 is 0 Å². The molecule has 0 spiro atoms. The third-order valence-corrected chi connectivity index (χ3v) is 9.33. The van der Waals surface area contributed by atoms with E-state index in [2.05, 4.69) is 0 Å². The molecule has 2 saturated heterocycles. The lowest BCUT2D eigenvalue weighted by molar-refractivity contribution is -0.140. The third kappa shape index (κ3) is 6.32. The van der Waals surface area contributed by atoms with E-state index in [0.717, 1.165) is 5.56 Å². The van der Waals surface area contributed by atoms with E-state index in [-0.39, 0.29) is 30.8 Å². The molecular weight excluding hydrogens is 468 g/mol. The predicted molar refractivity (Wildman–Crippen MR) is 135 cm³/mol. The highest BCUT2D eigenvalue weighted by Gasteiger charge is 2.43. The van der Waals surface area contributed by atoms with Crippen LogP contribution in [0.3, 0.4) is 0 Å². The third-order valence-electron chi connectivity index (χ3n) is 7.08. The van der Waals surface area contributed by atoms with Gasteiger partial charge in [0, 0.05) is 26.2 Å². The maximum absolute atomic E-state index is 13.9. The number of benzene rings is 1. The van der Waals surface area contributed by atoms with Gasteiger partial charge in [0.25, 0.3) is 0 Å². The van der Waals surface area contributed by atoms with Gasteiger partial charge in [-0.3, -0.25) is 15.0 Å². The van der Waals surface area contributed by atoms with Gasteiger partial charge >= 0.3 is 0 Å². The first-order valence-corrected chi connectivity index (χ1v) is 13.8. The maximum atomic E-state index is 13.9. The highest BCUT2D eigenvalue weighted by Crippen LogP contribution is 2.27. The van der Waals surface area contributed by atoms with Crippen LogP contribution in [0.15, 0.2) is 30.3 Å². The molecule has 10 nitrogen and oxygen atoms in total. The Balaban J connectivity index is 1.96. The van der Waals surface area contributed by atoms with Crippen LogP contribution in [0.4, 0.5) is 0 Å². The van der Waals surface area contributed by atoms with Crippen LogP contribution in [0.2, 0.25) is 0 Å². The average Bonchev–Trinajstić information content (AvgIpc) is 3.32. The van der Waals surface area contributed by atoms with E-state index in [4.69, 9.17) is 16.9 Å². The van der Waals surface area contributed by atoms with Crippen molar-refractivity contribution in [2.75, 3.05) is 26.2 Å². The fraction of sp³-hybridized carbons (Fsp3) is 0.625.